The molecule has 1 aliphatic rings. The first-order valence-corrected chi connectivity index (χ1v) is 4.83. The van der Waals surface area contributed by atoms with Gasteiger partial charge < -0.3 is 10.6 Å². The molecule has 0 aromatic carbocycles. The molecule has 0 amide bonds. The van der Waals surface area contributed by atoms with Crippen LogP contribution in [-0.2, 0) is 0 Å². The first-order chi connectivity index (χ1) is 6.77. The molecule has 16 heavy (non-hydrogen) atoms. The van der Waals surface area contributed by atoms with Gasteiger partial charge in [0.05, 0.1) is 0 Å². The zero-order valence-electron chi connectivity index (χ0n) is 8.85. The summed E-state index contributed by atoms with van der Waals surface area (Å²) in [5, 5.41) is 7.30. The maximum Gasteiger partial charge on any atom is 0.141 e. The Morgan fingerprint density at radius 1 is 1.31 bits per heavy atom. The lowest BCUT2D eigenvalue weighted by atomic mass is 10.3. The molecule has 0 bridgehead atoms. The predicted octanol–water partition coefficient (Wildman–Crippen LogP) is 1.81. The number of nitrogens with one attached hydrogen (secondary N) is 1. The number of anilines is 1. The average Bonchev–Trinajstić information content (AvgIpc) is 2.71. The van der Waals surface area contributed by atoms with Gasteiger partial charge in [-0.1, -0.05) is 0 Å². The first-order valence-electron chi connectivity index (χ1n) is 4.83. The summed E-state index contributed by atoms with van der Waals surface area (Å²) < 4.78 is 0. The Bertz CT molecular complexity index is 350. The summed E-state index contributed by atoms with van der Waals surface area (Å²) in [5.74, 6) is 0.0334. The van der Waals surface area contributed by atoms with Gasteiger partial charge in [-0.05, 0) is 25.0 Å². The SMILES string of the molecule is Cl.Cl.N=C(N)c1cc(N2CCCC2)ccn1. The molecule has 1 aromatic rings. The third-order valence-corrected chi connectivity index (χ3v) is 2.49. The maximum absolute atomic E-state index is 7.30. The second-order valence-corrected chi connectivity index (χ2v) is 3.51. The fourth-order valence-corrected chi connectivity index (χ4v) is 1.74. The molecule has 1 saturated heterocycles. The largest absolute Gasteiger partial charge is 0.382 e. The van der Waals surface area contributed by atoms with Gasteiger partial charge in [-0.15, -0.1) is 24.8 Å². The van der Waals surface area contributed by atoms with E-state index in [1.807, 2.05) is 12.1 Å². The van der Waals surface area contributed by atoms with Gasteiger partial charge in [0.25, 0.3) is 0 Å². The van der Waals surface area contributed by atoms with Gasteiger partial charge in [0.2, 0.25) is 0 Å². The van der Waals surface area contributed by atoms with Crippen LogP contribution in [0.25, 0.3) is 0 Å². The van der Waals surface area contributed by atoms with E-state index in [1.54, 1.807) is 6.20 Å². The Balaban J connectivity index is 0.00000112. The van der Waals surface area contributed by atoms with Crippen molar-refractivity contribution in [1.82, 2.24) is 4.98 Å². The number of pyridine rings is 1. The lowest BCUT2D eigenvalue weighted by Crippen LogP contribution is -2.19. The molecule has 4 nitrogen and oxygen atoms in total. The van der Waals surface area contributed by atoms with Crippen molar-refractivity contribution in [3.05, 3.63) is 24.0 Å². The zero-order valence-corrected chi connectivity index (χ0v) is 10.5. The van der Waals surface area contributed by atoms with Crippen LogP contribution in [-0.4, -0.2) is 23.9 Å². The van der Waals surface area contributed by atoms with Crippen LogP contribution >= 0.6 is 24.8 Å². The average molecular weight is 263 g/mol. The van der Waals surface area contributed by atoms with Crippen molar-refractivity contribution in [3.8, 4) is 0 Å². The quantitative estimate of drug-likeness (QED) is 0.631. The summed E-state index contributed by atoms with van der Waals surface area (Å²) >= 11 is 0. The number of aromatic nitrogens is 1. The highest BCUT2D eigenvalue weighted by atomic mass is 35.5. The van der Waals surface area contributed by atoms with Crippen LogP contribution in [0.15, 0.2) is 18.3 Å². The fourth-order valence-electron chi connectivity index (χ4n) is 1.74. The van der Waals surface area contributed by atoms with E-state index < -0.39 is 0 Å². The van der Waals surface area contributed by atoms with E-state index in [-0.39, 0.29) is 30.6 Å². The van der Waals surface area contributed by atoms with E-state index in [2.05, 4.69) is 9.88 Å². The maximum atomic E-state index is 7.30. The number of nitrogen functional groups attached to an aromatic ring is 1. The number of rotatable bonds is 2. The highest BCUT2D eigenvalue weighted by molar-refractivity contribution is 5.93. The molecule has 1 aliphatic heterocycles. The second kappa shape index (κ2) is 6.55. The lowest BCUT2D eigenvalue weighted by molar-refractivity contribution is 0.949. The zero-order chi connectivity index (χ0) is 9.97. The van der Waals surface area contributed by atoms with E-state index in [1.165, 1.54) is 12.8 Å². The third kappa shape index (κ3) is 3.25. The number of amidine groups is 1. The van der Waals surface area contributed by atoms with Crippen molar-refractivity contribution in [2.75, 3.05) is 18.0 Å². The molecule has 2 heterocycles. The Labute approximate surface area is 108 Å². The van der Waals surface area contributed by atoms with Gasteiger partial charge in [0.15, 0.2) is 0 Å². The third-order valence-electron chi connectivity index (χ3n) is 2.49. The number of hydrogen-bond donors (Lipinski definition) is 2. The van der Waals surface area contributed by atoms with E-state index >= 15 is 0 Å². The lowest BCUT2D eigenvalue weighted by Gasteiger charge is -2.17. The van der Waals surface area contributed by atoms with Gasteiger partial charge in [0.1, 0.15) is 11.5 Å². The number of nitrogens with two attached hydrogens (primary N) is 1. The van der Waals surface area contributed by atoms with Crippen molar-refractivity contribution in [2.24, 2.45) is 5.73 Å². The van der Waals surface area contributed by atoms with Gasteiger partial charge in [0, 0.05) is 25.0 Å². The molecule has 2 rings (SSSR count). The summed E-state index contributed by atoms with van der Waals surface area (Å²) in [6, 6.07) is 3.85. The molecule has 0 saturated carbocycles. The molecule has 1 aromatic heterocycles. The predicted molar refractivity (Wildman–Crippen MR) is 71.2 cm³/mol. The van der Waals surface area contributed by atoms with Crippen LogP contribution in [0.5, 0.6) is 0 Å². The van der Waals surface area contributed by atoms with Crippen LogP contribution in [0.3, 0.4) is 0 Å². The Hall–Kier alpha value is -1.00. The van der Waals surface area contributed by atoms with Crippen molar-refractivity contribution < 1.29 is 0 Å². The van der Waals surface area contributed by atoms with Gasteiger partial charge in [-0.25, -0.2) is 0 Å². The van der Waals surface area contributed by atoms with E-state index in [0.29, 0.717) is 5.69 Å². The molecular formula is C10H16Cl2N4. The topological polar surface area (TPSA) is 66.0 Å². The van der Waals surface area contributed by atoms with Crippen molar-refractivity contribution in [1.29, 1.82) is 5.41 Å². The van der Waals surface area contributed by atoms with Crippen molar-refractivity contribution in [2.45, 2.75) is 12.8 Å². The summed E-state index contributed by atoms with van der Waals surface area (Å²) in [4.78, 5) is 6.33. The second-order valence-electron chi connectivity index (χ2n) is 3.51. The highest BCUT2D eigenvalue weighted by Crippen LogP contribution is 2.19. The molecule has 6 heteroatoms. The Kier molecular flexibility index (Phi) is 6.14. The molecule has 1 fully saturated rings. The minimum absolute atomic E-state index is 0. The summed E-state index contributed by atoms with van der Waals surface area (Å²) in [6.07, 6.45) is 4.21. The molecule has 0 aliphatic carbocycles. The standard InChI is InChI=1S/C10H14N4.2ClH/c11-10(12)9-7-8(3-4-13-9)14-5-1-2-6-14;;/h3-4,7H,1-2,5-6H2,(H3,11,12);2*1H. The Morgan fingerprint density at radius 3 is 2.50 bits per heavy atom. The molecule has 90 valence electrons. The van der Waals surface area contributed by atoms with Crippen molar-refractivity contribution in [3.63, 3.8) is 0 Å². The number of halogens is 2. The minimum Gasteiger partial charge on any atom is -0.382 e. The molecule has 0 spiro atoms. The van der Waals surface area contributed by atoms with Gasteiger partial charge >= 0.3 is 0 Å². The van der Waals surface area contributed by atoms with Crippen LogP contribution in [0.4, 0.5) is 5.69 Å². The molecule has 3 N–H and O–H groups in total. The van der Waals surface area contributed by atoms with Crippen molar-refractivity contribution >= 4 is 36.3 Å². The minimum atomic E-state index is 0. The van der Waals surface area contributed by atoms with Crippen LogP contribution in [0, 0.1) is 5.41 Å². The number of nitrogens with zero attached hydrogens (tertiary/aromatic N) is 2. The van der Waals surface area contributed by atoms with Crippen LogP contribution < -0.4 is 10.6 Å². The van der Waals surface area contributed by atoms with Gasteiger partial charge in [-0.2, -0.15) is 0 Å². The highest BCUT2D eigenvalue weighted by Gasteiger charge is 2.12. The van der Waals surface area contributed by atoms with E-state index in [9.17, 15) is 0 Å². The summed E-state index contributed by atoms with van der Waals surface area (Å²) in [5.41, 5.74) is 7.08. The molecular weight excluding hydrogens is 247 g/mol. The normalized spacial score (nSPS) is 13.9. The van der Waals surface area contributed by atoms with E-state index in [4.69, 9.17) is 11.1 Å². The van der Waals surface area contributed by atoms with Crippen LogP contribution in [0.2, 0.25) is 0 Å². The fraction of sp³-hybridized carbons (Fsp3) is 0.400. The summed E-state index contributed by atoms with van der Waals surface area (Å²) in [7, 11) is 0. The Morgan fingerprint density at radius 2 is 1.94 bits per heavy atom. The molecule has 0 atom stereocenters. The first kappa shape index (κ1) is 15.0. The van der Waals surface area contributed by atoms with E-state index in [0.717, 1.165) is 18.8 Å². The molecule has 0 unspecified atom stereocenters. The van der Waals surface area contributed by atoms with Crippen LogP contribution in [0.1, 0.15) is 18.5 Å². The summed E-state index contributed by atoms with van der Waals surface area (Å²) in [6.45, 7) is 2.20. The number of hydrogen-bond acceptors (Lipinski definition) is 3. The molecule has 0 radical (unpaired) electrons. The van der Waals surface area contributed by atoms with Gasteiger partial charge in [-0.3, -0.25) is 10.4 Å². The smallest absolute Gasteiger partial charge is 0.141 e. The monoisotopic (exact) mass is 262 g/mol.